The van der Waals surface area contributed by atoms with Crippen molar-refractivity contribution >= 4 is 29.2 Å². The van der Waals surface area contributed by atoms with Gasteiger partial charge >= 0.3 is 0 Å². The van der Waals surface area contributed by atoms with Crippen LogP contribution in [0.4, 0.5) is 11.5 Å². The van der Waals surface area contributed by atoms with Crippen LogP contribution in [-0.2, 0) is 9.59 Å². The molecule has 3 N–H and O–H groups in total. The van der Waals surface area contributed by atoms with Gasteiger partial charge in [-0.25, -0.2) is 0 Å². The Labute approximate surface area is 216 Å². The second kappa shape index (κ2) is 12.6. The number of hydrogen-bond acceptors (Lipinski definition) is 6. The van der Waals surface area contributed by atoms with E-state index in [-0.39, 0.29) is 23.6 Å². The van der Waals surface area contributed by atoms with Crippen molar-refractivity contribution in [3.63, 3.8) is 0 Å². The minimum atomic E-state index is -0.227. The molecule has 0 spiro atoms. The predicted octanol–water partition coefficient (Wildman–Crippen LogP) is 3.25. The smallest absolute Gasteiger partial charge is 0.251 e. The van der Waals surface area contributed by atoms with Gasteiger partial charge in [0.05, 0.1) is 5.69 Å². The van der Waals surface area contributed by atoms with E-state index in [1.165, 1.54) is 0 Å². The van der Waals surface area contributed by atoms with Crippen molar-refractivity contribution < 1.29 is 14.4 Å². The Hall–Kier alpha value is -4.27. The third kappa shape index (κ3) is 7.13. The normalized spacial score (nSPS) is 13.6. The first-order chi connectivity index (χ1) is 18.0. The highest BCUT2D eigenvalue weighted by atomic mass is 16.2. The molecule has 4 rings (SSSR count). The molecule has 1 aliphatic heterocycles. The molecular formula is C28H32N6O3. The van der Waals surface area contributed by atoms with Gasteiger partial charge in [-0.15, -0.1) is 10.2 Å². The lowest BCUT2D eigenvalue weighted by molar-refractivity contribution is -0.125. The summed E-state index contributed by atoms with van der Waals surface area (Å²) in [7, 11) is 0. The van der Waals surface area contributed by atoms with Crippen LogP contribution in [0.5, 0.6) is 0 Å². The van der Waals surface area contributed by atoms with Crippen LogP contribution in [0.25, 0.3) is 11.3 Å². The van der Waals surface area contributed by atoms with Crippen LogP contribution in [0, 0.1) is 5.92 Å². The number of nitrogens with zero attached hydrogens (tertiary/aromatic N) is 3. The SMILES string of the molecule is CCC(=O)Nc1ccc(C(=O)NCCNC(=O)C2CCN(c3ccc(-c4ccccc4)nn3)CC2)cc1. The minimum Gasteiger partial charge on any atom is -0.355 e. The number of nitrogens with one attached hydrogen (secondary N) is 3. The Morgan fingerprint density at radius 1 is 0.865 bits per heavy atom. The molecule has 37 heavy (non-hydrogen) atoms. The van der Waals surface area contributed by atoms with E-state index in [0.717, 1.165) is 43.0 Å². The average molecular weight is 501 g/mol. The molecule has 1 saturated heterocycles. The van der Waals surface area contributed by atoms with Crippen molar-refractivity contribution in [3.05, 3.63) is 72.3 Å². The van der Waals surface area contributed by atoms with Crippen molar-refractivity contribution in [3.8, 4) is 11.3 Å². The molecule has 1 fully saturated rings. The maximum absolute atomic E-state index is 12.6. The third-order valence-corrected chi connectivity index (χ3v) is 6.37. The molecule has 2 heterocycles. The first-order valence-electron chi connectivity index (χ1n) is 12.6. The highest BCUT2D eigenvalue weighted by Crippen LogP contribution is 2.23. The van der Waals surface area contributed by atoms with Gasteiger partial charge in [-0.1, -0.05) is 37.3 Å². The topological polar surface area (TPSA) is 116 Å². The number of amides is 3. The Balaban J connectivity index is 1.15. The summed E-state index contributed by atoms with van der Waals surface area (Å²) < 4.78 is 0. The van der Waals surface area contributed by atoms with Crippen molar-refractivity contribution in [2.24, 2.45) is 5.92 Å². The van der Waals surface area contributed by atoms with Gasteiger partial charge in [0.15, 0.2) is 5.82 Å². The fraction of sp³-hybridized carbons (Fsp3) is 0.321. The van der Waals surface area contributed by atoms with Crippen LogP contribution in [0.3, 0.4) is 0 Å². The molecule has 1 aromatic heterocycles. The summed E-state index contributed by atoms with van der Waals surface area (Å²) in [5.41, 5.74) is 3.01. The molecule has 0 saturated carbocycles. The van der Waals surface area contributed by atoms with E-state index in [1.54, 1.807) is 31.2 Å². The zero-order valence-corrected chi connectivity index (χ0v) is 20.9. The zero-order chi connectivity index (χ0) is 26.0. The second-order valence-electron chi connectivity index (χ2n) is 8.93. The van der Waals surface area contributed by atoms with E-state index in [2.05, 4.69) is 31.0 Å². The number of carbonyl (C=O) groups excluding carboxylic acids is 3. The quantitative estimate of drug-likeness (QED) is 0.389. The summed E-state index contributed by atoms with van der Waals surface area (Å²) in [4.78, 5) is 38.5. The van der Waals surface area contributed by atoms with Crippen LogP contribution in [0.1, 0.15) is 36.5 Å². The molecule has 0 aliphatic carbocycles. The van der Waals surface area contributed by atoms with E-state index in [4.69, 9.17) is 0 Å². The number of rotatable bonds is 9. The largest absolute Gasteiger partial charge is 0.355 e. The predicted molar refractivity (Wildman–Crippen MR) is 143 cm³/mol. The lowest BCUT2D eigenvalue weighted by atomic mass is 9.96. The maximum atomic E-state index is 12.6. The number of piperidine rings is 1. The number of anilines is 2. The first-order valence-corrected chi connectivity index (χ1v) is 12.6. The Morgan fingerprint density at radius 3 is 2.22 bits per heavy atom. The van der Waals surface area contributed by atoms with Crippen molar-refractivity contribution in [1.82, 2.24) is 20.8 Å². The molecule has 0 unspecified atom stereocenters. The fourth-order valence-electron chi connectivity index (χ4n) is 4.19. The Morgan fingerprint density at radius 2 is 1.57 bits per heavy atom. The molecule has 192 valence electrons. The number of benzene rings is 2. The molecule has 3 amide bonds. The highest BCUT2D eigenvalue weighted by Gasteiger charge is 2.25. The van der Waals surface area contributed by atoms with Gasteiger partial charge in [-0.3, -0.25) is 14.4 Å². The molecule has 2 aromatic carbocycles. The molecule has 0 bridgehead atoms. The number of carbonyl (C=O) groups is 3. The van der Waals surface area contributed by atoms with Crippen LogP contribution in [0.15, 0.2) is 66.7 Å². The summed E-state index contributed by atoms with van der Waals surface area (Å²) in [5, 5.41) is 17.2. The Kier molecular flexibility index (Phi) is 8.80. The van der Waals surface area contributed by atoms with E-state index in [9.17, 15) is 14.4 Å². The van der Waals surface area contributed by atoms with Gasteiger partial charge in [-0.05, 0) is 49.2 Å². The summed E-state index contributed by atoms with van der Waals surface area (Å²) in [6, 6.07) is 20.6. The molecular weight excluding hydrogens is 468 g/mol. The summed E-state index contributed by atoms with van der Waals surface area (Å²) in [6.07, 6.45) is 1.87. The van der Waals surface area contributed by atoms with Gasteiger partial charge in [-0.2, -0.15) is 0 Å². The zero-order valence-electron chi connectivity index (χ0n) is 20.9. The third-order valence-electron chi connectivity index (χ3n) is 6.37. The van der Waals surface area contributed by atoms with Gasteiger partial charge in [0, 0.05) is 55.3 Å². The summed E-state index contributed by atoms with van der Waals surface area (Å²) >= 11 is 0. The van der Waals surface area contributed by atoms with E-state index < -0.39 is 0 Å². The van der Waals surface area contributed by atoms with Crippen molar-refractivity contribution in [2.45, 2.75) is 26.2 Å². The Bertz CT molecular complexity index is 1190. The molecule has 9 heteroatoms. The lowest BCUT2D eigenvalue weighted by Crippen LogP contribution is -2.42. The summed E-state index contributed by atoms with van der Waals surface area (Å²) in [6.45, 7) is 3.95. The van der Waals surface area contributed by atoms with Crippen molar-refractivity contribution in [1.29, 1.82) is 0 Å². The van der Waals surface area contributed by atoms with Crippen LogP contribution < -0.4 is 20.9 Å². The van der Waals surface area contributed by atoms with Gasteiger partial charge in [0.2, 0.25) is 11.8 Å². The standard InChI is InChI=1S/C28H32N6O3/c1-2-26(35)31-23-10-8-21(9-11-23)27(36)29-16-17-30-28(37)22-14-18-34(19-15-22)25-13-12-24(32-33-25)20-6-4-3-5-7-20/h3-13,22H,2,14-19H2,1H3,(H,29,36)(H,30,37)(H,31,35). The van der Waals surface area contributed by atoms with Crippen LogP contribution in [0.2, 0.25) is 0 Å². The van der Waals surface area contributed by atoms with Crippen LogP contribution >= 0.6 is 0 Å². The van der Waals surface area contributed by atoms with E-state index >= 15 is 0 Å². The number of hydrogen-bond donors (Lipinski definition) is 3. The number of aromatic nitrogens is 2. The van der Waals surface area contributed by atoms with Crippen LogP contribution in [-0.4, -0.2) is 54.1 Å². The molecule has 9 nitrogen and oxygen atoms in total. The second-order valence-corrected chi connectivity index (χ2v) is 8.93. The fourth-order valence-corrected chi connectivity index (χ4v) is 4.19. The molecule has 3 aromatic rings. The highest BCUT2D eigenvalue weighted by molar-refractivity contribution is 5.95. The average Bonchev–Trinajstić information content (AvgIpc) is 2.96. The maximum Gasteiger partial charge on any atom is 0.251 e. The lowest BCUT2D eigenvalue weighted by Gasteiger charge is -2.31. The van der Waals surface area contributed by atoms with Gasteiger partial charge in [0.25, 0.3) is 5.91 Å². The van der Waals surface area contributed by atoms with Crippen molar-refractivity contribution in [2.75, 3.05) is 36.4 Å². The van der Waals surface area contributed by atoms with Gasteiger partial charge < -0.3 is 20.9 Å². The van der Waals surface area contributed by atoms with Gasteiger partial charge in [0.1, 0.15) is 0 Å². The monoisotopic (exact) mass is 500 g/mol. The summed E-state index contributed by atoms with van der Waals surface area (Å²) in [5.74, 6) is 0.465. The van der Waals surface area contributed by atoms with E-state index in [0.29, 0.717) is 30.8 Å². The molecule has 1 aliphatic rings. The first kappa shape index (κ1) is 25.8. The van der Waals surface area contributed by atoms with E-state index in [1.807, 2.05) is 42.5 Å². The molecule has 0 radical (unpaired) electrons. The minimum absolute atomic E-state index is 0.00965. The molecule has 0 atom stereocenters.